The van der Waals surface area contributed by atoms with Crippen LogP contribution in [0.2, 0.25) is 0 Å². The Morgan fingerprint density at radius 1 is 1.22 bits per heavy atom. The van der Waals surface area contributed by atoms with Crippen molar-refractivity contribution in [2.24, 2.45) is 0 Å². The number of thioether (sulfide) groups is 1. The number of thiocarbonyl (C=S) groups is 1. The molecule has 2 aliphatic heterocycles. The first-order valence-electron chi connectivity index (χ1n) is 8.99. The molecule has 2 aliphatic rings. The van der Waals surface area contributed by atoms with Gasteiger partial charge in [-0.3, -0.25) is 4.79 Å². The van der Waals surface area contributed by atoms with Gasteiger partial charge in [0, 0.05) is 13.1 Å². The third-order valence-electron chi connectivity index (χ3n) is 4.61. The van der Waals surface area contributed by atoms with Gasteiger partial charge in [0.15, 0.2) is 0 Å². The van der Waals surface area contributed by atoms with E-state index < -0.39 is 0 Å². The predicted octanol–water partition coefficient (Wildman–Crippen LogP) is 4.01. The van der Waals surface area contributed by atoms with Crippen LogP contribution in [0.1, 0.15) is 17.5 Å². The van der Waals surface area contributed by atoms with Crippen molar-refractivity contribution >= 4 is 46.0 Å². The quantitative estimate of drug-likeness (QED) is 0.625. The lowest BCUT2D eigenvalue weighted by Crippen LogP contribution is -2.26. The molecule has 0 atom stereocenters. The third-order valence-corrected chi connectivity index (χ3v) is 5.77. The van der Waals surface area contributed by atoms with Gasteiger partial charge in [-0.25, -0.2) is 0 Å². The summed E-state index contributed by atoms with van der Waals surface area (Å²) < 4.78 is 6.43. The molecule has 4 nitrogen and oxygen atoms in total. The highest BCUT2D eigenvalue weighted by Crippen LogP contribution is 2.34. The van der Waals surface area contributed by atoms with E-state index in [1.54, 1.807) is 0 Å². The molecule has 0 spiro atoms. The summed E-state index contributed by atoms with van der Waals surface area (Å²) in [6.45, 7) is 2.61. The molecule has 0 unspecified atom stereocenters. The average molecular weight is 397 g/mol. The number of nitrogens with one attached hydrogen (secondary N) is 1. The lowest BCUT2D eigenvalue weighted by atomic mass is 10.1. The maximum absolute atomic E-state index is 11.9. The molecule has 0 aromatic heterocycles. The fourth-order valence-electron chi connectivity index (χ4n) is 3.26. The van der Waals surface area contributed by atoms with E-state index >= 15 is 0 Å². The summed E-state index contributed by atoms with van der Waals surface area (Å²) in [5, 5.41) is 2.66. The van der Waals surface area contributed by atoms with Crippen LogP contribution in [-0.4, -0.2) is 29.9 Å². The van der Waals surface area contributed by atoms with Gasteiger partial charge in [-0.05, 0) is 42.2 Å². The highest BCUT2D eigenvalue weighted by atomic mass is 32.2. The largest absolute Gasteiger partial charge is 0.491 e. The number of amides is 1. The number of nitrogens with zero attached hydrogens (tertiary/aromatic N) is 1. The van der Waals surface area contributed by atoms with Crippen molar-refractivity contribution < 1.29 is 9.53 Å². The fraction of sp³-hybridized carbons (Fsp3) is 0.238. The Labute approximate surface area is 168 Å². The minimum atomic E-state index is -0.128. The molecule has 2 aromatic rings. The number of hydrogen-bond donors (Lipinski definition) is 1. The average Bonchev–Trinajstić information content (AvgIpc) is 2.88. The molecule has 1 saturated heterocycles. The Balaban J connectivity index is 1.58. The van der Waals surface area contributed by atoms with Gasteiger partial charge in [-0.15, -0.1) is 0 Å². The van der Waals surface area contributed by atoms with E-state index in [0.717, 1.165) is 49.5 Å². The maximum atomic E-state index is 11.9. The number of fused-ring (bicyclic) bond motifs is 1. The van der Waals surface area contributed by atoms with Gasteiger partial charge in [0.25, 0.3) is 5.91 Å². The van der Waals surface area contributed by atoms with Gasteiger partial charge in [0.05, 0.1) is 17.2 Å². The van der Waals surface area contributed by atoms with Crippen LogP contribution in [0, 0.1) is 0 Å². The van der Waals surface area contributed by atoms with Crippen molar-refractivity contribution in [1.29, 1.82) is 0 Å². The Kier molecular flexibility index (Phi) is 5.45. The zero-order valence-corrected chi connectivity index (χ0v) is 16.4. The normalized spacial score (nSPS) is 18.1. The molecule has 2 heterocycles. The van der Waals surface area contributed by atoms with Gasteiger partial charge in [0.2, 0.25) is 0 Å². The maximum Gasteiger partial charge on any atom is 0.263 e. The van der Waals surface area contributed by atoms with Crippen molar-refractivity contribution in [1.82, 2.24) is 5.32 Å². The number of anilines is 1. The molecular weight excluding hydrogens is 376 g/mol. The van der Waals surface area contributed by atoms with Crippen molar-refractivity contribution in [3.63, 3.8) is 0 Å². The molecule has 0 aliphatic carbocycles. The molecule has 1 fully saturated rings. The zero-order chi connectivity index (χ0) is 18.6. The lowest BCUT2D eigenvalue weighted by molar-refractivity contribution is -0.115. The van der Waals surface area contributed by atoms with E-state index in [0.29, 0.717) is 9.23 Å². The third kappa shape index (κ3) is 4.34. The van der Waals surface area contributed by atoms with E-state index in [-0.39, 0.29) is 5.91 Å². The van der Waals surface area contributed by atoms with Crippen LogP contribution >= 0.6 is 24.0 Å². The van der Waals surface area contributed by atoms with Crippen molar-refractivity contribution in [2.45, 2.75) is 12.8 Å². The highest BCUT2D eigenvalue weighted by Gasteiger charge is 2.22. The zero-order valence-electron chi connectivity index (χ0n) is 14.8. The Morgan fingerprint density at radius 3 is 2.85 bits per heavy atom. The van der Waals surface area contributed by atoms with Crippen molar-refractivity contribution in [2.75, 3.05) is 24.6 Å². The van der Waals surface area contributed by atoms with Crippen LogP contribution in [0.5, 0.6) is 5.75 Å². The first-order chi connectivity index (χ1) is 13.2. The SMILES string of the molecule is O=C1NC(=S)S/C1=C\c1ccc2c(c1)N(CCc1ccccc1)CCCO2. The fourth-order valence-corrected chi connectivity index (χ4v) is 4.31. The van der Waals surface area contributed by atoms with Gasteiger partial charge < -0.3 is 15.0 Å². The Hall–Kier alpha value is -2.31. The molecule has 0 saturated carbocycles. The van der Waals surface area contributed by atoms with Crippen LogP contribution in [0.25, 0.3) is 6.08 Å². The van der Waals surface area contributed by atoms with Crippen LogP contribution < -0.4 is 15.0 Å². The number of carbonyl (C=O) groups excluding carboxylic acids is 1. The smallest absolute Gasteiger partial charge is 0.263 e. The molecule has 6 heteroatoms. The van der Waals surface area contributed by atoms with Crippen LogP contribution in [-0.2, 0) is 11.2 Å². The minimum Gasteiger partial charge on any atom is -0.491 e. The highest BCUT2D eigenvalue weighted by molar-refractivity contribution is 8.26. The number of benzene rings is 2. The van der Waals surface area contributed by atoms with E-state index in [1.165, 1.54) is 17.3 Å². The molecule has 1 N–H and O–H groups in total. The predicted molar refractivity (Wildman–Crippen MR) is 115 cm³/mol. The summed E-state index contributed by atoms with van der Waals surface area (Å²) in [7, 11) is 0. The molecule has 0 radical (unpaired) electrons. The van der Waals surface area contributed by atoms with E-state index in [1.807, 2.05) is 24.3 Å². The van der Waals surface area contributed by atoms with E-state index in [4.69, 9.17) is 17.0 Å². The second kappa shape index (κ2) is 8.15. The summed E-state index contributed by atoms with van der Waals surface area (Å²) in [5.41, 5.74) is 3.39. The summed E-state index contributed by atoms with van der Waals surface area (Å²) in [4.78, 5) is 14.9. The lowest BCUT2D eigenvalue weighted by Gasteiger charge is -2.24. The molecule has 0 bridgehead atoms. The van der Waals surface area contributed by atoms with Crippen LogP contribution in [0.4, 0.5) is 5.69 Å². The number of rotatable bonds is 4. The monoisotopic (exact) mass is 396 g/mol. The minimum absolute atomic E-state index is 0.128. The van der Waals surface area contributed by atoms with Crippen molar-refractivity contribution in [3.05, 3.63) is 64.6 Å². The molecule has 138 valence electrons. The molecular formula is C21H20N2O2S2. The standard InChI is InChI=1S/C21H20N2O2S2/c24-20-19(27-21(26)22-20)14-16-7-8-18-17(13-16)23(10-4-12-25-18)11-9-15-5-2-1-3-6-15/h1-3,5-8,13-14H,4,9-12H2,(H,22,24,26)/b19-14-. The number of carbonyl (C=O) groups is 1. The van der Waals surface area contributed by atoms with E-state index in [2.05, 4.69) is 40.5 Å². The number of ether oxygens (including phenoxy) is 1. The summed E-state index contributed by atoms with van der Waals surface area (Å²) in [6, 6.07) is 16.6. The second-order valence-corrected chi connectivity index (χ2v) is 8.22. The van der Waals surface area contributed by atoms with Gasteiger partial charge in [0.1, 0.15) is 10.1 Å². The van der Waals surface area contributed by atoms with Crippen LogP contribution in [0.3, 0.4) is 0 Å². The Morgan fingerprint density at radius 2 is 2.07 bits per heavy atom. The summed E-state index contributed by atoms with van der Waals surface area (Å²) in [5.74, 6) is 0.777. The molecule has 2 aromatic carbocycles. The topological polar surface area (TPSA) is 41.6 Å². The Bertz CT molecular complexity index is 896. The van der Waals surface area contributed by atoms with Gasteiger partial charge in [-0.2, -0.15) is 0 Å². The summed E-state index contributed by atoms with van der Waals surface area (Å²) in [6.07, 6.45) is 3.87. The number of hydrogen-bond acceptors (Lipinski definition) is 5. The molecule has 27 heavy (non-hydrogen) atoms. The first-order valence-corrected chi connectivity index (χ1v) is 10.2. The van der Waals surface area contributed by atoms with Crippen LogP contribution in [0.15, 0.2) is 53.4 Å². The summed E-state index contributed by atoms with van der Waals surface area (Å²) >= 11 is 6.37. The van der Waals surface area contributed by atoms with E-state index in [9.17, 15) is 4.79 Å². The molecule has 4 rings (SSSR count). The first kappa shape index (κ1) is 18.1. The van der Waals surface area contributed by atoms with Crippen molar-refractivity contribution in [3.8, 4) is 5.75 Å². The second-order valence-electron chi connectivity index (χ2n) is 6.50. The molecule has 1 amide bonds. The van der Waals surface area contributed by atoms with Gasteiger partial charge >= 0.3 is 0 Å². The van der Waals surface area contributed by atoms with Gasteiger partial charge in [-0.1, -0.05) is 60.4 Å².